The van der Waals surface area contributed by atoms with Gasteiger partial charge in [-0.15, -0.1) is 0 Å². The number of nitrogens with zero attached hydrogens (tertiary/aromatic N) is 1. The highest BCUT2D eigenvalue weighted by Crippen LogP contribution is 2.24. The van der Waals surface area contributed by atoms with Crippen LogP contribution in [0.15, 0.2) is 48.5 Å². The molecule has 0 radical (unpaired) electrons. The Balaban J connectivity index is 1.95. The van der Waals surface area contributed by atoms with Gasteiger partial charge in [0.15, 0.2) is 6.10 Å². The molecule has 0 aliphatic rings. The fraction of sp³-hybridized carbons (Fsp3) is 0.381. The van der Waals surface area contributed by atoms with Crippen molar-refractivity contribution in [3.8, 4) is 5.75 Å². The number of amides is 1. The third kappa shape index (κ3) is 5.75. The molecule has 0 spiro atoms. The van der Waals surface area contributed by atoms with Crippen molar-refractivity contribution in [3.05, 3.63) is 64.7 Å². The molecule has 0 fully saturated rings. The summed E-state index contributed by atoms with van der Waals surface area (Å²) in [5.41, 5.74) is 2.36. The van der Waals surface area contributed by atoms with Crippen molar-refractivity contribution in [2.75, 3.05) is 13.1 Å². The fourth-order valence-corrected chi connectivity index (χ4v) is 2.86. The molecular formula is C21H27ClN2O2. The average Bonchev–Trinajstić information content (AvgIpc) is 2.66. The Labute approximate surface area is 161 Å². The Bertz CT molecular complexity index is 717. The lowest BCUT2D eigenvalue weighted by molar-refractivity contribution is -0.127. The predicted molar refractivity (Wildman–Crippen MR) is 106 cm³/mol. The van der Waals surface area contributed by atoms with Crippen LogP contribution in [0.3, 0.4) is 0 Å². The largest absolute Gasteiger partial charge is 0.479 e. The van der Waals surface area contributed by atoms with E-state index in [4.69, 9.17) is 16.3 Å². The van der Waals surface area contributed by atoms with E-state index in [2.05, 4.69) is 36.2 Å². The van der Waals surface area contributed by atoms with Crippen molar-refractivity contribution in [2.45, 2.75) is 40.0 Å². The maximum absolute atomic E-state index is 12.4. The van der Waals surface area contributed by atoms with Crippen LogP contribution in [0.4, 0.5) is 0 Å². The molecule has 4 nitrogen and oxygen atoms in total. The summed E-state index contributed by atoms with van der Waals surface area (Å²) in [6.07, 6.45) is -0.621. The minimum atomic E-state index is -0.621. The molecule has 1 atom stereocenters. The minimum absolute atomic E-state index is 0.164. The number of hydrogen-bond acceptors (Lipinski definition) is 3. The molecule has 2 aromatic rings. The molecule has 26 heavy (non-hydrogen) atoms. The predicted octanol–water partition coefficient (Wildman–Crippen LogP) is 4.27. The summed E-state index contributed by atoms with van der Waals surface area (Å²) in [5, 5.41) is 3.46. The molecule has 0 saturated carbocycles. The van der Waals surface area contributed by atoms with Crippen molar-refractivity contribution >= 4 is 17.5 Å². The highest BCUT2D eigenvalue weighted by molar-refractivity contribution is 6.32. The second-order valence-electron chi connectivity index (χ2n) is 6.14. The monoisotopic (exact) mass is 374 g/mol. The zero-order chi connectivity index (χ0) is 18.9. The van der Waals surface area contributed by atoms with Gasteiger partial charge in [-0.2, -0.15) is 0 Å². The van der Waals surface area contributed by atoms with E-state index >= 15 is 0 Å². The Morgan fingerprint density at radius 1 is 1.08 bits per heavy atom. The number of rotatable bonds is 9. The molecule has 5 heteroatoms. The topological polar surface area (TPSA) is 41.6 Å². The molecule has 1 unspecified atom stereocenters. The number of hydrogen-bond donors (Lipinski definition) is 1. The highest BCUT2D eigenvalue weighted by Gasteiger charge is 2.16. The van der Waals surface area contributed by atoms with Crippen molar-refractivity contribution in [2.24, 2.45) is 0 Å². The molecule has 0 aliphatic carbocycles. The molecule has 0 aromatic heterocycles. The lowest BCUT2D eigenvalue weighted by Crippen LogP contribution is -2.36. The van der Waals surface area contributed by atoms with Gasteiger partial charge in [0.05, 0.1) is 5.02 Å². The molecule has 1 amide bonds. The van der Waals surface area contributed by atoms with Crippen LogP contribution in [0.2, 0.25) is 5.02 Å². The van der Waals surface area contributed by atoms with Crippen LogP contribution in [-0.2, 0) is 17.9 Å². The number of carbonyl (C=O) groups is 1. The number of ether oxygens (including phenoxy) is 1. The molecule has 2 rings (SSSR count). The van der Waals surface area contributed by atoms with Gasteiger partial charge in [-0.1, -0.05) is 61.8 Å². The highest BCUT2D eigenvalue weighted by atomic mass is 35.5. The zero-order valence-corrected chi connectivity index (χ0v) is 16.4. The normalized spacial score (nSPS) is 12.0. The van der Waals surface area contributed by atoms with Crippen molar-refractivity contribution in [1.29, 1.82) is 0 Å². The van der Waals surface area contributed by atoms with E-state index in [-0.39, 0.29) is 5.91 Å². The second-order valence-corrected chi connectivity index (χ2v) is 6.55. The average molecular weight is 375 g/mol. The first-order chi connectivity index (χ1) is 12.5. The van der Waals surface area contributed by atoms with Gasteiger partial charge in [-0.25, -0.2) is 0 Å². The Morgan fingerprint density at radius 3 is 2.35 bits per heavy atom. The molecule has 0 bridgehead atoms. The number of para-hydroxylation sites is 1. The van der Waals surface area contributed by atoms with Crippen LogP contribution >= 0.6 is 11.6 Å². The minimum Gasteiger partial charge on any atom is -0.479 e. The lowest BCUT2D eigenvalue weighted by atomic mass is 10.1. The van der Waals surface area contributed by atoms with Gasteiger partial charge in [-0.3, -0.25) is 9.69 Å². The molecule has 140 valence electrons. The maximum Gasteiger partial charge on any atom is 0.261 e. The molecular weight excluding hydrogens is 348 g/mol. The first-order valence-corrected chi connectivity index (χ1v) is 9.41. The number of carbonyl (C=O) groups excluding carboxylic acids is 1. The zero-order valence-electron chi connectivity index (χ0n) is 15.7. The first-order valence-electron chi connectivity index (χ1n) is 9.03. The van der Waals surface area contributed by atoms with Crippen LogP contribution < -0.4 is 10.1 Å². The van der Waals surface area contributed by atoms with E-state index in [0.29, 0.717) is 17.3 Å². The number of benzene rings is 2. The van der Waals surface area contributed by atoms with Crippen molar-refractivity contribution < 1.29 is 9.53 Å². The van der Waals surface area contributed by atoms with Gasteiger partial charge in [0.25, 0.3) is 5.91 Å². The van der Waals surface area contributed by atoms with Crippen LogP contribution in [-0.4, -0.2) is 30.0 Å². The van der Waals surface area contributed by atoms with Gasteiger partial charge in [-0.05, 0) is 43.3 Å². The van der Waals surface area contributed by atoms with E-state index in [1.165, 1.54) is 5.56 Å². The summed E-state index contributed by atoms with van der Waals surface area (Å²) in [7, 11) is 0. The molecule has 2 aromatic carbocycles. The van der Waals surface area contributed by atoms with Crippen LogP contribution in [0.1, 0.15) is 31.9 Å². The summed E-state index contributed by atoms with van der Waals surface area (Å²) in [4.78, 5) is 14.7. The molecule has 0 heterocycles. The fourth-order valence-electron chi connectivity index (χ4n) is 2.68. The quantitative estimate of drug-likeness (QED) is 0.712. The van der Waals surface area contributed by atoms with Gasteiger partial charge >= 0.3 is 0 Å². The molecule has 1 N–H and O–H groups in total. The maximum atomic E-state index is 12.4. The van der Waals surface area contributed by atoms with E-state index in [1.807, 2.05) is 24.3 Å². The Hall–Kier alpha value is -2.04. The second kappa shape index (κ2) is 10.2. The van der Waals surface area contributed by atoms with E-state index < -0.39 is 6.10 Å². The summed E-state index contributed by atoms with van der Waals surface area (Å²) < 4.78 is 5.67. The molecule has 0 saturated heterocycles. The molecule has 0 aliphatic heterocycles. The number of halogens is 1. The summed E-state index contributed by atoms with van der Waals surface area (Å²) in [6.45, 7) is 9.39. The summed E-state index contributed by atoms with van der Waals surface area (Å²) >= 11 is 6.08. The van der Waals surface area contributed by atoms with Crippen molar-refractivity contribution in [3.63, 3.8) is 0 Å². The van der Waals surface area contributed by atoms with Crippen LogP contribution in [0.5, 0.6) is 5.75 Å². The SMILES string of the molecule is CCN(CC)Cc1ccccc1CNC(=O)C(C)Oc1ccccc1Cl. The third-order valence-corrected chi connectivity index (χ3v) is 4.68. The summed E-state index contributed by atoms with van der Waals surface area (Å²) in [5.74, 6) is 0.348. The van der Waals surface area contributed by atoms with E-state index in [1.54, 1.807) is 19.1 Å². The standard InChI is InChI=1S/C21H27ClN2O2/c1-4-24(5-2)15-18-11-7-6-10-17(18)14-23-21(25)16(3)26-20-13-9-8-12-19(20)22/h6-13,16H,4-5,14-15H2,1-3H3,(H,23,25). The van der Waals surface area contributed by atoms with Gasteiger partial charge in [0.2, 0.25) is 0 Å². The Kier molecular flexibility index (Phi) is 7.95. The third-order valence-electron chi connectivity index (χ3n) is 4.37. The van der Waals surface area contributed by atoms with Crippen LogP contribution in [0, 0.1) is 0 Å². The van der Waals surface area contributed by atoms with Gasteiger partial charge in [0, 0.05) is 13.1 Å². The number of nitrogens with one attached hydrogen (secondary N) is 1. The van der Waals surface area contributed by atoms with E-state index in [0.717, 1.165) is 25.2 Å². The smallest absolute Gasteiger partial charge is 0.261 e. The van der Waals surface area contributed by atoms with Gasteiger partial charge < -0.3 is 10.1 Å². The van der Waals surface area contributed by atoms with E-state index in [9.17, 15) is 4.79 Å². The van der Waals surface area contributed by atoms with Crippen molar-refractivity contribution in [1.82, 2.24) is 10.2 Å². The van der Waals surface area contributed by atoms with Crippen LogP contribution in [0.25, 0.3) is 0 Å². The summed E-state index contributed by atoms with van der Waals surface area (Å²) in [6, 6.07) is 15.4. The first kappa shape index (κ1) is 20.3. The Morgan fingerprint density at radius 2 is 1.69 bits per heavy atom. The van der Waals surface area contributed by atoms with Gasteiger partial charge in [0.1, 0.15) is 5.75 Å². The lowest BCUT2D eigenvalue weighted by Gasteiger charge is -2.21.